The number of carbonyl (C=O) groups is 3. The third-order valence-electron chi connectivity index (χ3n) is 7.89. The van der Waals surface area contributed by atoms with E-state index in [9.17, 15) is 39.9 Å². The first-order valence-electron chi connectivity index (χ1n) is 12.2. The predicted molar refractivity (Wildman–Crippen MR) is 140 cm³/mol. The van der Waals surface area contributed by atoms with Crippen LogP contribution in [0.3, 0.4) is 0 Å². The van der Waals surface area contributed by atoms with Gasteiger partial charge in [-0.05, 0) is 49.0 Å². The fraction of sp³-hybridized carbons (Fsp3) is 0.241. The summed E-state index contributed by atoms with van der Waals surface area (Å²) in [6.45, 7) is 0. The molecule has 40 heavy (non-hydrogen) atoms. The maximum absolute atomic E-state index is 13.8. The van der Waals surface area contributed by atoms with E-state index < -0.39 is 75.5 Å². The van der Waals surface area contributed by atoms with Crippen LogP contribution in [0.4, 0.5) is 0 Å². The number of benzene rings is 2. The zero-order chi connectivity index (χ0) is 29.3. The van der Waals surface area contributed by atoms with E-state index in [0.717, 1.165) is 0 Å². The van der Waals surface area contributed by atoms with Gasteiger partial charge in [0.1, 0.15) is 22.8 Å². The summed E-state index contributed by atoms with van der Waals surface area (Å²) in [5.41, 5.74) is 2.05. The Hall–Kier alpha value is -4.76. The molecule has 0 bridgehead atoms. The molecule has 3 aliphatic rings. The Morgan fingerprint density at radius 2 is 1.75 bits per heavy atom. The molecule has 7 N–H and O–H groups in total. The highest BCUT2D eigenvalue weighted by atomic mass is 16.4. The molecule has 0 fully saturated rings. The second-order valence-electron chi connectivity index (χ2n) is 10.2. The van der Waals surface area contributed by atoms with Crippen molar-refractivity contribution in [3.05, 3.63) is 87.4 Å². The Kier molecular flexibility index (Phi) is 6.15. The van der Waals surface area contributed by atoms with Gasteiger partial charge in [-0.2, -0.15) is 5.26 Å². The summed E-state index contributed by atoms with van der Waals surface area (Å²) in [6, 6.07) is 11.3. The third kappa shape index (κ3) is 3.51. The SMILES string of the molecule is CN(C)C1C(O)=C(C(N)=O)C(=O)C2(O)C(O)=C3C(=O)c4c(O)cccc4/C(=C\c4ccc(C#N)cc4)C3C(O)C12. The highest BCUT2D eigenvalue weighted by molar-refractivity contribution is 6.25. The lowest BCUT2D eigenvalue weighted by Gasteiger charge is -2.52. The molecule has 0 heterocycles. The van der Waals surface area contributed by atoms with E-state index in [4.69, 9.17) is 11.0 Å². The highest BCUT2D eigenvalue weighted by Crippen LogP contribution is 2.55. The first-order chi connectivity index (χ1) is 18.9. The van der Waals surface area contributed by atoms with Crippen LogP contribution in [0, 0.1) is 23.2 Å². The Balaban J connectivity index is 1.85. The summed E-state index contributed by atoms with van der Waals surface area (Å²) >= 11 is 0. The van der Waals surface area contributed by atoms with Crippen molar-refractivity contribution in [2.24, 2.45) is 17.6 Å². The zero-order valence-electron chi connectivity index (χ0n) is 21.4. The molecule has 0 saturated carbocycles. The van der Waals surface area contributed by atoms with Gasteiger partial charge in [-0.1, -0.05) is 30.3 Å². The van der Waals surface area contributed by atoms with Gasteiger partial charge in [0.2, 0.25) is 5.78 Å². The fourth-order valence-electron chi connectivity index (χ4n) is 6.15. The fourth-order valence-corrected chi connectivity index (χ4v) is 6.15. The van der Waals surface area contributed by atoms with Crippen LogP contribution >= 0.6 is 0 Å². The van der Waals surface area contributed by atoms with Gasteiger partial charge in [0, 0.05) is 5.92 Å². The number of phenols is 1. The zero-order valence-corrected chi connectivity index (χ0v) is 21.4. The van der Waals surface area contributed by atoms with Gasteiger partial charge < -0.3 is 31.3 Å². The molecule has 3 aliphatic carbocycles. The minimum atomic E-state index is -3.01. The summed E-state index contributed by atoms with van der Waals surface area (Å²) in [5, 5.41) is 65.9. The number of hydrogen-bond acceptors (Lipinski definition) is 10. The van der Waals surface area contributed by atoms with Crippen molar-refractivity contribution in [3.63, 3.8) is 0 Å². The maximum Gasteiger partial charge on any atom is 0.255 e. The van der Waals surface area contributed by atoms with E-state index in [2.05, 4.69) is 0 Å². The molecular weight excluding hydrogens is 518 g/mol. The number of rotatable bonds is 3. The molecule has 1 amide bonds. The lowest BCUT2D eigenvalue weighted by molar-refractivity contribution is -0.159. The van der Waals surface area contributed by atoms with Crippen LogP contribution in [-0.4, -0.2) is 79.7 Å². The van der Waals surface area contributed by atoms with Gasteiger partial charge in [-0.15, -0.1) is 0 Å². The molecule has 2 aromatic carbocycles. The van der Waals surface area contributed by atoms with Gasteiger partial charge in [-0.25, -0.2) is 0 Å². The molecule has 0 aliphatic heterocycles. The lowest BCUT2D eigenvalue weighted by Crippen LogP contribution is -2.68. The van der Waals surface area contributed by atoms with Crippen molar-refractivity contribution in [1.82, 2.24) is 4.90 Å². The van der Waals surface area contributed by atoms with Crippen LogP contribution in [0.25, 0.3) is 11.6 Å². The normalized spacial score (nSPS) is 28.8. The molecule has 0 radical (unpaired) electrons. The van der Waals surface area contributed by atoms with Crippen molar-refractivity contribution in [1.29, 1.82) is 5.26 Å². The largest absolute Gasteiger partial charge is 0.510 e. The number of fused-ring (bicyclic) bond motifs is 3. The number of nitrogens with two attached hydrogens (primary N) is 1. The summed E-state index contributed by atoms with van der Waals surface area (Å²) in [6.07, 6.45) is -0.176. The number of carbonyl (C=O) groups excluding carboxylic acids is 3. The molecule has 204 valence electrons. The standard InChI is InChI=1S/C29H25N3O8/c1-32(2)22-21-24(35)18-15(10-12-6-8-13(11-30)9-7-12)14-4-3-5-16(33)17(14)23(34)19(18)26(37)29(21,40)27(38)20(25(22)36)28(31)39/h3-10,18,21-22,24,33,35-37,40H,1-2H3,(H2,31,39)/b15-10+. The monoisotopic (exact) mass is 543 g/mol. The molecule has 11 nitrogen and oxygen atoms in total. The van der Waals surface area contributed by atoms with Crippen LogP contribution < -0.4 is 5.73 Å². The Morgan fingerprint density at radius 3 is 2.33 bits per heavy atom. The molecule has 0 saturated heterocycles. The first-order valence-corrected chi connectivity index (χ1v) is 12.2. The number of aliphatic hydroxyl groups is 4. The van der Waals surface area contributed by atoms with Crippen LogP contribution in [0.2, 0.25) is 0 Å². The van der Waals surface area contributed by atoms with Crippen LogP contribution in [0.15, 0.2) is 65.1 Å². The molecule has 2 aromatic rings. The number of phenolic OH excluding ortho intramolecular Hbond substituents is 1. The molecule has 5 rings (SSSR count). The number of hydrogen-bond donors (Lipinski definition) is 6. The van der Waals surface area contributed by atoms with Gasteiger partial charge in [0.05, 0.1) is 40.8 Å². The van der Waals surface area contributed by atoms with Crippen LogP contribution in [0.5, 0.6) is 5.75 Å². The number of nitrogens with zero attached hydrogens (tertiary/aromatic N) is 2. The number of primary amides is 1. The second-order valence-corrected chi connectivity index (χ2v) is 10.2. The molecule has 0 aromatic heterocycles. The van der Waals surface area contributed by atoms with Gasteiger partial charge in [-0.3, -0.25) is 19.3 Å². The van der Waals surface area contributed by atoms with Crippen LogP contribution in [-0.2, 0) is 9.59 Å². The number of aliphatic hydroxyl groups excluding tert-OH is 3. The predicted octanol–water partition coefficient (Wildman–Crippen LogP) is 0.961. The number of ketones is 2. The number of amides is 1. The summed E-state index contributed by atoms with van der Waals surface area (Å²) in [5.74, 6) is -9.08. The topological polar surface area (TPSA) is 205 Å². The first kappa shape index (κ1) is 26.8. The highest BCUT2D eigenvalue weighted by Gasteiger charge is 2.67. The van der Waals surface area contributed by atoms with E-state index in [-0.39, 0.29) is 16.7 Å². The Bertz CT molecular complexity index is 1630. The van der Waals surface area contributed by atoms with Crippen molar-refractivity contribution in [2.75, 3.05) is 14.1 Å². The van der Waals surface area contributed by atoms with Crippen LogP contribution in [0.1, 0.15) is 27.0 Å². The maximum atomic E-state index is 13.8. The quantitative estimate of drug-likeness (QED) is 0.302. The van der Waals surface area contributed by atoms with Crippen molar-refractivity contribution >= 4 is 29.1 Å². The summed E-state index contributed by atoms with van der Waals surface area (Å²) < 4.78 is 0. The number of nitriles is 1. The minimum Gasteiger partial charge on any atom is -0.510 e. The Labute approximate surface area is 228 Å². The smallest absolute Gasteiger partial charge is 0.255 e. The van der Waals surface area contributed by atoms with E-state index in [1.165, 1.54) is 31.1 Å². The van der Waals surface area contributed by atoms with E-state index >= 15 is 0 Å². The molecule has 5 unspecified atom stereocenters. The van der Waals surface area contributed by atoms with Gasteiger partial charge in [0.15, 0.2) is 11.4 Å². The summed E-state index contributed by atoms with van der Waals surface area (Å²) in [7, 11) is 2.93. The van der Waals surface area contributed by atoms with E-state index in [1.54, 1.807) is 36.4 Å². The van der Waals surface area contributed by atoms with Crippen molar-refractivity contribution < 1.29 is 39.9 Å². The van der Waals surface area contributed by atoms with Crippen molar-refractivity contribution in [2.45, 2.75) is 17.7 Å². The average Bonchev–Trinajstić information content (AvgIpc) is 2.90. The Morgan fingerprint density at radius 1 is 1.10 bits per heavy atom. The molecule has 11 heteroatoms. The van der Waals surface area contributed by atoms with Gasteiger partial charge in [0.25, 0.3) is 5.91 Å². The summed E-state index contributed by atoms with van der Waals surface area (Å²) in [4.78, 5) is 40.8. The van der Waals surface area contributed by atoms with Crippen molar-refractivity contribution in [3.8, 4) is 11.8 Å². The molecule has 0 spiro atoms. The average molecular weight is 544 g/mol. The van der Waals surface area contributed by atoms with E-state index in [0.29, 0.717) is 11.1 Å². The van der Waals surface area contributed by atoms with Gasteiger partial charge >= 0.3 is 0 Å². The molecular formula is C29H25N3O8. The lowest BCUT2D eigenvalue weighted by atomic mass is 9.56. The van der Waals surface area contributed by atoms with E-state index in [1.807, 2.05) is 6.07 Å². The third-order valence-corrected chi connectivity index (χ3v) is 7.89. The second kappa shape index (κ2) is 9.17. The number of aromatic hydroxyl groups is 1. The number of likely N-dealkylation sites (N-methyl/N-ethyl adjacent to an activating group) is 1. The minimum absolute atomic E-state index is 0.227. The number of Topliss-reactive ketones (excluding diaryl/α,β-unsaturated/α-hetero) is 2. The molecule has 5 atom stereocenters.